The fourth-order valence-electron chi connectivity index (χ4n) is 2.57. The molecule has 2 rings (SSSR count). The summed E-state index contributed by atoms with van der Waals surface area (Å²) in [6.45, 7) is 0. The van der Waals surface area contributed by atoms with Crippen LogP contribution in [0.1, 0.15) is 11.1 Å². The molecule has 0 heterocycles. The lowest BCUT2D eigenvalue weighted by molar-refractivity contribution is 0.370. The highest BCUT2D eigenvalue weighted by molar-refractivity contribution is 7.51. The standard InChI is InChI=1S/C14H18O8P2/c1-21-12-3-9-4-13(22-2)6-11(8-24(18,19)20)14(9)10(5-12)7-23(15,16)17/h3-6H,7-8H2,1-2H3,(H2,15,16,17)(H2,18,19,20). The Morgan fingerprint density at radius 1 is 0.792 bits per heavy atom. The van der Waals surface area contributed by atoms with Gasteiger partial charge >= 0.3 is 15.2 Å². The average Bonchev–Trinajstić information content (AvgIpc) is 2.42. The molecule has 2 aromatic rings. The molecule has 0 aliphatic heterocycles. The average molecular weight is 376 g/mol. The van der Waals surface area contributed by atoms with Crippen LogP contribution in [0.15, 0.2) is 24.3 Å². The van der Waals surface area contributed by atoms with Crippen molar-refractivity contribution >= 4 is 26.0 Å². The van der Waals surface area contributed by atoms with E-state index in [4.69, 9.17) is 9.47 Å². The summed E-state index contributed by atoms with van der Waals surface area (Å²) in [6, 6.07) is 6.14. The van der Waals surface area contributed by atoms with Gasteiger partial charge in [-0.05, 0) is 46.2 Å². The number of methoxy groups -OCH3 is 2. The van der Waals surface area contributed by atoms with Gasteiger partial charge in [0.25, 0.3) is 0 Å². The highest BCUT2D eigenvalue weighted by atomic mass is 31.2. The third-order valence-corrected chi connectivity index (χ3v) is 4.89. The first kappa shape index (κ1) is 18.9. The second-order valence-electron chi connectivity index (χ2n) is 5.32. The molecule has 8 nitrogen and oxygen atoms in total. The molecule has 132 valence electrons. The van der Waals surface area contributed by atoms with Gasteiger partial charge in [-0.25, -0.2) is 0 Å². The van der Waals surface area contributed by atoms with Gasteiger partial charge in [-0.15, -0.1) is 0 Å². The molecule has 24 heavy (non-hydrogen) atoms. The lowest BCUT2D eigenvalue weighted by Crippen LogP contribution is -1.98. The van der Waals surface area contributed by atoms with Crippen molar-refractivity contribution in [2.75, 3.05) is 14.2 Å². The Morgan fingerprint density at radius 3 is 1.46 bits per heavy atom. The number of fused-ring (bicyclic) bond motifs is 1. The van der Waals surface area contributed by atoms with Gasteiger partial charge in [-0.2, -0.15) is 0 Å². The van der Waals surface area contributed by atoms with E-state index >= 15 is 0 Å². The van der Waals surface area contributed by atoms with E-state index < -0.39 is 27.5 Å². The van der Waals surface area contributed by atoms with Crippen LogP contribution in [0, 0.1) is 0 Å². The molecule has 0 bridgehead atoms. The van der Waals surface area contributed by atoms with E-state index in [1.165, 1.54) is 26.4 Å². The molecule has 0 radical (unpaired) electrons. The van der Waals surface area contributed by atoms with Crippen molar-refractivity contribution in [2.24, 2.45) is 0 Å². The minimum absolute atomic E-state index is 0.254. The van der Waals surface area contributed by atoms with Gasteiger partial charge in [-0.1, -0.05) is 0 Å². The normalized spacial score (nSPS) is 12.4. The quantitative estimate of drug-likeness (QED) is 0.564. The molecule has 2 aromatic carbocycles. The Hall–Kier alpha value is -1.40. The summed E-state index contributed by atoms with van der Waals surface area (Å²) in [6.07, 6.45) is -1.14. The summed E-state index contributed by atoms with van der Waals surface area (Å²) in [7, 11) is -5.95. The van der Waals surface area contributed by atoms with Crippen molar-refractivity contribution in [3.05, 3.63) is 35.4 Å². The summed E-state index contributed by atoms with van der Waals surface area (Å²) in [5.41, 5.74) is 0.507. The minimum atomic E-state index is -4.39. The topological polar surface area (TPSA) is 134 Å². The number of hydrogen-bond donors (Lipinski definition) is 4. The summed E-state index contributed by atoms with van der Waals surface area (Å²) in [5, 5.41) is 0.892. The molecule has 0 aliphatic carbocycles. The molecular weight excluding hydrogens is 358 g/mol. The minimum Gasteiger partial charge on any atom is -0.497 e. The van der Waals surface area contributed by atoms with E-state index in [0.717, 1.165) is 0 Å². The maximum absolute atomic E-state index is 11.4. The number of ether oxygens (including phenoxy) is 2. The maximum atomic E-state index is 11.4. The first-order chi connectivity index (χ1) is 11.0. The number of rotatable bonds is 6. The maximum Gasteiger partial charge on any atom is 0.329 e. The van der Waals surface area contributed by atoms with Gasteiger partial charge in [-0.3, -0.25) is 9.13 Å². The summed E-state index contributed by atoms with van der Waals surface area (Å²) in [4.78, 5) is 37.2. The molecule has 0 fully saturated rings. The SMILES string of the molecule is COc1cc(CP(=O)(O)O)c2c(CP(=O)(O)O)cc(OC)cc2c1. The molecule has 0 unspecified atom stereocenters. The van der Waals surface area contributed by atoms with Crippen molar-refractivity contribution in [1.29, 1.82) is 0 Å². The Bertz CT molecular complexity index is 785. The van der Waals surface area contributed by atoms with E-state index in [0.29, 0.717) is 22.3 Å². The van der Waals surface area contributed by atoms with E-state index in [2.05, 4.69) is 0 Å². The van der Waals surface area contributed by atoms with Crippen molar-refractivity contribution in [2.45, 2.75) is 12.3 Å². The predicted molar refractivity (Wildman–Crippen MR) is 88.5 cm³/mol. The molecule has 0 saturated carbocycles. The van der Waals surface area contributed by atoms with Crippen LogP contribution in [0.25, 0.3) is 10.8 Å². The Labute approximate surface area is 138 Å². The smallest absolute Gasteiger partial charge is 0.329 e. The van der Waals surface area contributed by atoms with Gasteiger partial charge in [0.05, 0.1) is 26.5 Å². The van der Waals surface area contributed by atoms with Gasteiger partial charge in [0.2, 0.25) is 0 Å². The Kier molecular flexibility index (Phi) is 5.40. The molecule has 0 spiro atoms. The van der Waals surface area contributed by atoms with Gasteiger partial charge < -0.3 is 29.0 Å². The zero-order chi connectivity index (χ0) is 18.1. The Morgan fingerprint density at radius 2 is 1.17 bits per heavy atom. The van der Waals surface area contributed by atoms with Crippen LogP contribution < -0.4 is 9.47 Å². The predicted octanol–water partition coefficient (Wildman–Crippen LogP) is 2.21. The van der Waals surface area contributed by atoms with Gasteiger partial charge in [0.1, 0.15) is 11.5 Å². The van der Waals surface area contributed by atoms with Crippen LogP contribution in [0.3, 0.4) is 0 Å². The van der Waals surface area contributed by atoms with E-state index in [1.54, 1.807) is 12.1 Å². The fourth-order valence-corrected chi connectivity index (χ4v) is 3.96. The first-order valence-electron chi connectivity index (χ1n) is 6.79. The highest BCUT2D eigenvalue weighted by Crippen LogP contribution is 2.46. The molecule has 0 aromatic heterocycles. The third-order valence-electron chi connectivity index (χ3n) is 3.38. The van der Waals surface area contributed by atoms with Crippen molar-refractivity contribution < 1.29 is 38.2 Å². The van der Waals surface area contributed by atoms with Crippen LogP contribution in [0.4, 0.5) is 0 Å². The van der Waals surface area contributed by atoms with Crippen molar-refractivity contribution in [1.82, 2.24) is 0 Å². The highest BCUT2D eigenvalue weighted by Gasteiger charge is 2.23. The second kappa shape index (κ2) is 6.84. The first-order valence-corrected chi connectivity index (χ1v) is 10.4. The monoisotopic (exact) mass is 376 g/mol. The van der Waals surface area contributed by atoms with Crippen LogP contribution in [0.5, 0.6) is 11.5 Å². The van der Waals surface area contributed by atoms with Crippen molar-refractivity contribution in [3.63, 3.8) is 0 Å². The van der Waals surface area contributed by atoms with Crippen LogP contribution in [-0.2, 0) is 21.5 Å². The van der Waals surface area contributed by atoms with Crippen molar-refractivity contribution in [3.8, 4) is 11.5 Å². The van der Waals surface area contributed by atoms with Crippen LogP contribution >= 0.6 is 15.2 Å². The van der Waals surface area contributed by atoms with Gasteiger partial charge in [0, 0.05) is 0 Å². The molecule has 0 aliphatic rings. The number of hydrogen-bond acceptors (Lipinski definition) is 4. The molecule has 10 heteroatoms. The van der Waals surface area contributed by atoms with Gasteiger partial charge in [0.15, 0.2) is 0 Å². The molecule has 0 atom stereocenters. The third kappa shape index (κ3) is 4.80. The summed E-state index contributed by atoms with van der Waals surface area (Å²) < 4.78 is 33.2. The molecule has 0 amide bonds. The van der Waals surface area contributed by atoms with E-state index in [9.17, 15) is 28.7 Å². The fraction of sp³-hybridized carbons (Fsp3) is 0.286. The lowest BCUT2D eigenvalue weighted by atomic mass is 9.99. The van der Waals surface area contributed by atoms with E-state index in [-0.39, 0.29) is 11.1 Å². The summed E-state index contributed by atoms with van der Waals surface area (Å²) >= 11 is 0. The second-order valence-corrected chi connectivity index (χ2v) is 8.61. The molecular formula is C14H18O8P2. The van der Waals surface area contributed by atoms with Crippen LogP contribution in [-0.4, -0.2) is 33.8 Å². The van der Waals surface area contributed by atoms with Crippen LogP contribution in [0.2, 0.25) is 0 Å². The van der Waals surface area contributed by atoms with E-state index in [1.807, 2.05) is 0 Å². The molecule has 0 saturated heterocycles. The lowest BCUT2D eigenvalue weighted by Gasteiger charge is -2.16. The zero-order valence-electron chi connectivity index (χ0n) is 13.0. The molecule has 4 N–H and O–H groups in total. The number of benzene rings is 2. The summed E-state index contributed by atoms with van der Waals surface area (Å²) in [5.74, 6) is 0.752. The Balaban J connectivity index is 2.81. The zero-order valence-corrected chi connectivity index (χ0v) is 14.8. The largest absolute Gasteiger partial charge is 0.497 e.